The van der Waals surface area contributed by atoms with E-state index in [-0.39, 0.29) is 22.9 Å². The summed E-state index contributed by atoms with van der Waals surface area (Å²) in [6, 6.07) is 17.7. The highest BCUT2D eigenvalue weighted by Crippen LogP contribution is 2.26. The highest BCUT2D eigenvalue weighted by Gasteiger charge is 2.19. The number of nitrogens with one attached hydrogen (secondary N) is 1. The summed E-state index contributed by atoms with van der Waals surface area (Å²) in [6.45, 7) is 8.85. The molecular formula is C26H30N6O2S. The van der Waals surface area contributed by atoms with Gasteiger partial charge in [0.1, 0.15) is 5.69 Å². The monoisotopic (exact) mass is 490 g/mol. The van der Waals surface area contributed by atoms with E-state index in [1.807, 2.05) is 48.7 Å². The lowest BCUT2D eigenvalue weighted by atomic mass is 10.0. The minimum atomic E-state index is -0.269. The zero-order valence-corrected chi connectivity index (χ0v) is 21.5. The lowest BCUT2D eigenvalue weighted by Gasteiger charge is -2.09. The Hall–Kier alpha value is -3.59. The quantitative estimate of drug-likeness (QED) is 0.364. The van der Waals surface area contributed by atoms with Crippen molar-refractivity contribution < 1.29 is 4.79 Å². The van der Waals surface area contributed by atoms with Crippen LogP contribution in [0.5, 0.6) is 0 Å². The number of para-hydroxylation sites is 1. The van der Waals surface area contributed by atoms with Gasteiger partial charge in [-0.15, -0.1) is 10.2 Å². The topological polar surface area (TPSA) is 86.7 Å². The molecule has 8 nitrogen and oxygen atoms in total. The zero-order valence-electron chi connectivity index (χ0n) is 20.6. The molecule has 4 aromatic rings. The molecule has 0 radical (unpaired) electrons. The Morgan fingerprint density at radius 3 is 2.37 bits per heavy atom. The summed E-state index contributed by atoms with van der Waals surface area (Å²) >= 11 is 1.30. The molecule has 0 unspecified atom stereocenters. The van der Waals surface area contributed by atoms with Crippen molar-refractivity contribution in [1.82, 2.24) is 24.1 Å². The normalized spacial score (nSPS) is 11.3. The second-order valence-electron chi connectivity index (χ2n) is 8.60. The fraction of sp³-hybridized carbons (Fsp3) is 0.308. The first-order valence-corrected chi connectivity index (χ1v) is 12.6. The van der Waals surface area contributed by atoms with Crippen LogP contribution in [-0.4, -0.2) is 35.8 Å². The van der Waals surface area contributed by atoms with Crippen molar-refractivity contribution in [1.29, 1.82) is 0 Å². The lowest BCUT2D eigenvalue weighted by Crippen LogP contribution is -2.23. The molecule has 2 aromatic heterocycles. The molecule has 0 aliphatic rings. The molecule has 0 saturated carbocycles. The standard InChI is InChI=1S/C26H30N6O2S/c1-6-31-24(20-14-12-19(13-15-20)17(2)3)28-29-26(31)35-16-22(33)27-23-18(4)30(5)32(25(23)34)21-10-8-7-9-11-21/h7-15,17H,6,16H2,1-5H3,(H,27,33). The number of carbonyl (C=O) groups is 1. The number of nitrogens with zero attached hydrogens (tertiary/aromatic N) is 5. The summed E-state index contributed by atoms with van der Waals surface area (Å²) in [5, 5.41) is 12.2. The van der Waals surface area contributed by atoms with Crippen molar-refractivity contribution in [3.8, 4) is 17.1 Å². The van der Waals surface area contributed by atoms with Crippen LogP contribution in [0, 0.1) is 6.92 Å². The Labute approximate surface area is 209 Å². The lowest BCUT2D eigenvalue weighted by molar-refractivity contribution is -0.113. The molecule has 0 atom stereocenters. The first-order chi connectivity index (χ1) is 16.8. The first kappa shape index (κ1) is 24.5. The number of carbonyl (C=O) groups excluding carboxylic acids is 1. The largest absolute Gasteiger partial charge is 0.319 e. The summed E-state index contributed by atoms with van der Waals surface area (Å²) < 4.78 is 5.28. The van der Waals surface area contributed by atoms with Crippen molar-refractivity contribution in [2.75, 3.05) is 11.1 Å². The fourth-order valence-corrected chi connectivity index (χ4v) is 4.73. The molecule has 0 saturated heterocycles. The molecule has 0 bridgehead atoms. The van der Waals surface area contributed by atoms with Gasteiger partial charge >= 0.3 is 0 Å². The number of hydrogen-bond donors (Lipinski definition) is 1. The van der Waals surface area contributed by atoms with E-state index in [0.717, 1.165) is 17.1 Å². The highest BCUT2D eigenvalue weighted by atomic mass is 32.2. The van der Waals surface area contributed by atoms with Gasteiger partial charge in [-0.2, -0.15) is 0 Å². The van der Waals surface area contributed by atoms with Crippen LogP contribution >= 0.6 is 11.8 Å². The Morgan fingerprint density at radius 2 is 1.74 bits per heavy atom. The molecule has 182 valence electrons. The van der Waals surface area contributed by atoms with Crippen LogP contribution in [0.1, 0.15) is 37.9 Å². The summed E-state index contributed by atoms with van der Waals surface area (Å²) in [4.78, 5) is 25.8. The molecule has 1 N–H and O–H groups in total. The smallest absolute Gasteiger partial charge is 0.295 e. The van der Waals surface area contributed by atoms with E-state index in [2.05, 4.69) is 53.6 Å². The van der Waals surface area contributed by atoms with Gasteiger partial charge in [0.15, 0.2) is 11.0 Å². The summed E-state index contributed by atoms with van der Waals surface area (Å²) in [6.07, 6.45) is 0. The van der Waals surface area contributed by atoms with Gasteiger partial charge in [0, 0.05) is 19.2 Å². The third-order valence-corrected chi connectivity index (χ3v) is 6.99. The maximum absolute atomic E-state index is 13.0. The number of rotatable bonds is 8. The summed E-state index contributed by atoms with van der Waals surface area (Å²) in [5.41, 5.74) is 3.69. The third kappa shape index (κ3) is 4.95. The molecule has 0 aliphatic heterocycles. The van der Waals surface area contributed by atoms with Crippen LogP contribution in [0.3, 0.4) is 0 Å². The van der Waals surface area contributed by atoms with Crippen LogP contribution in [0.25, 0.3) is 17.1 Å². The van der Waals surface area contributed by atoms with Gasteiger partial charge in [-0.1, -0.05) is 68.1 Å². The zero-order chi connectivity index (χ0) is 25.1. The maximum atomic E-state index is 13.0. The Bertz CT molecular complexity index is 1380. The van der Waals surface area contributed by atoms with E-state index in [1.165, 1.54) is 17.3 Å². The molecule has 4 rings (SSSR count). The second-order valence-corrected chi connectivity index (χ2v) is 9.54. The number of thioether (sulfide) groups is 1. The molecule has 35 heavy (non-hydrogen) atoms. The molecule has 9 heteroatoms. The average molecular weight is 491 g/mol. The molecular weight excluding hydrogens is 460 g/mol. The van der Waals surface area contributed by atoms with E-state index in [4.69, 9.17) is 0 Å². The van der Waals surface area contributed by atoms with Crippen LogP contribution in [0.2, 0.25) is 0 Å². The number of benzene rings is 2. The van der Waals surface area contributed by atoms with Gasteiger partial charge in [-0.05, 0) is 37.5 Å². The van der Waals surface area contributed by atoms with Crippen molar-refractivity contribution in [3.05, 3.63) is 76.2 Å². The van der Waals surface area contributed by atoms with Gasteiger partial charge in [0.05, 0.1) is 17.1 Å². The van der Waals surface area contributed by atoms with Gasteiger partial charge in [0.25, 0.3) is 5.56 Å². The van der Waals surface area contributed by atoms with Gasteiger partial charge in [-0.25, -0.2) is 4.68 Å². The maximum Gasteiger partial charge on any atom is 0.295 e. The van der Waals surface area contributed by atoms with E-state index in [1.54, 1.807) is 16.4 Å². The fourth-order valence-electron chi connectivity index (χ4n) is 3.93. The average Bonchev–Trinajstić information content (AvgIpc) is 3.37. The predicted octanol–water partition coefficient (Wildman–Crippen LogP) is 4.62. The van der Waals surface area contributed by atoms with Crippen molar-refractivity contribution in [2.24, 2.45) is 7.05 Å². The molecule has 2 aromatic carbocycles. The van der Waals surface area contributed by atoms with E-state index in [9.17, 15) is 9.59 Å². The van der Waals surface area contributed by atoms with Gasteiger partial charge in [0.2, 0.25) is 5.91 Å². The molecule has 0 aliphatic carbocycles. The van der Waals surface area contributed by atoms with E-state index >= 15 is 0 Å². The molecule has 1 amide bonds. The van der Waals surface area contributed by atoms with Crippen LogP contribution < -0.4 is 10.9 Å². The minimum absolute atomic E-state index is 0.115. The highest BCUT2D eigenvalue weighted by molar-refractivity contribution is 7.99. The van der Waals surface area contributed by atoms with Crippen molar-refractivity contribution in [3.63, 3.8) is 0 Å². The number of hydrogen-bond acceptors (Lipinski definition) is 5. The Morgan fingerprint density at radius 1 is 1.06 bits per heavy atom. The Balaban J connectivity index is 1.49. The first-order valence-electron chi connectivity index (χ1n) is 11.6. The van der Waals surface area contributed by atoms with Gasteiger partial charge in [-0.3, -0.25) is 14.3 Å². The van der Waals surface area contributed by atoms with Crippen molar-refractivity contribution >= 4 is 23.4 Å². The van der Waals surface area contributed by atoms with Gasteiger partial charge < -0.3 is 9.88 Å². The number of anilines is 1. The SMILES string of the molecule is CCn1c(SCC(=O)Nc2c(C)n(C)n(-c3ccccc3)c2=O)nnc1-c1ccc(C(C)C)cc1. The van der Waals surface area contributed by atoms with Crippen LogP contribution in [0.15, 0.2) is 64.5 Å². The van der Waals surface area contributed by atoms with E-state index < -0.39 is 0 Å². The summed E-state index contributed by atoms with van der Waals surface area (Å²) in [5.74, 6) is 1.08. The third-order valence-electron chi connectivity index (χ3n) is 6.02. The van der Waals surface area contributed by atoms with Crippen LogP contribution in [-0.2, 0) is 18.4 Å². The molecule has 0 fully saturated rings. The van der Waals surface area contributed by atoms with Crippen molar-refractivity contribution in [2.45, 2.75) is 45.3 Å². The predicted molar refractivity (Wildman–Crippen MR) is 140 cm³/mol. The minimum Gasteiger partial charge on any atom is -0.319 e. The number of aromatic nitrogens is 5. The second kappa shape index (κ2) is 10.4. The summed E-state index contributed by atoms with van der Waals surface area (Å²) in [7, 11) is 1.80. The van der Waals surface area contributed by atoms with E-state index in [0.29, 0.717) is 23.3 Å². The Kier molecular flexibility index (Phi) is 7.25. The number of amides is 1. The molecule has 2 heterocycles. The molecule has 0 spiro atoms. The van der Waals surface area contributed by atoms with Crippen LogP contribution in [0.4, 0.5) is 5.69 Å².